The van der Waals surface area contributed by atoms with Gasteiger partial charge in [0, 0.05) is 12.4 Å². The molecule has 1 rings (SSSR count). The molecule has 1 nitrogen and oxygen atoms in total. The summed E-state index contributed by atoms with van der Waals surface area (Å²) in [5.74, 6) is 0. The van der Waals surface area contributed by atoms with Crippen LogP contribution >= 0.6 is 0 Å². The Balaban J connectivity index is 2.75. The van der Waals surface area contributed by atoms with Gasteiger partial charge in [0.15, 0.2) is 6.71 Å². The zero-order valence-electron chi connectivity index (χ0n) is 7.82. The Labute approximate surface area is 80.3 Å². The number of hydrogen-bond acceptors (Lipinski definition) is 1. The topological polar surface area (TPSA) is 12.9 Å². The Bertz CT molecular complexity index is 259. The van der Waals surface area contributed by atoms with Crippen LogP contribution in [0.15, 0.2) is 49.8 Å². The molecule has 0 atom stereocenters. The molecule has 0 unspecified atom stereocenters. The van der Waals surface area contributed by atoms with Crippen molar-refractivity contribution in [1.82, 2.24) is 4.98 Å². The van der Waals surface area contributed by atoms with Crippen molar-refractivity contribution in [3.8, 4) is 0 Å². The summed E-state index contributed by atoms with van der Waals surface area (Å²) in [6.07, 6.45) is 9.55. The predicted molar refractivity (Wildman–Crippen MR) is 59.6 cm³/mol. The SMILES string of the molecule is C=CCB(CC=C)c1ccncc1. The van der Waals surface area contributed by atoms with E-state index in [0.29, 0.717) is 6.71 Å². The summed E-state index contributed by atoms with van der Waals surface area (Å²) >= 11 is 0. The Hall–Kier alpha value is -1.31. The van der Waals surface area contributed by atoms with E-state index in [1.54, 1.807) is 0 Å². The summed E-state index contributed by atoms with van der Waals surface area (Å²) in [6.45, 7) is 8.03. The monoisotopic (exact) mass is 171 g/mol. The van der Waals surface area contributed by atoms with Gasteiger partial charge in [-0.3, -0.25) is 4.98 Å². The van der Waals surface area contributed by atoms with Crippen molar-refractivity contribution in [2.24, 2.45) is 0 Å². The molecule has 0 bridgehead atoms. The summed E-state index contributed by atoms with van der Waals surface area (Å²) in [5.41, 5.74) is 1.31. The first-order valence-electron chi connectivity index (χ1n) is 4.50. The van der Waals surface area contributed by atoms with Crippen LogP contribution in [0.25, 0.3) is 0 Å². The summed E-state index contributed by atoms with van der Waals surface area (Å²) in [4.78, 5) is 4.00. The lowest BCUT2D eigenvalue weighted by molar-refractivity contribution is 1.34. The normalized spacial score (nSPS) is 9.23. The molecule has 0 saturated heterocycles. The maximum atomic E-state index is 4.00. The van der Waals surface area contributed by atoms with Crippen molar-refractivity contribution in [3.05, 3.63) is 49.8 Å². The van der Waals surface area contributed by atoms with Crippen molar-refractivity contribution in [2.75, 3.05) is 0 Å². The van der Waals surface area contributed by atoms with Crippen LogP contribution in [0, 0.1) is 0 Å². The van der Waals surface area contributed by atoms with Gasteiger partial charge in [0.2, 0.25) is 0 Å². The van der Waals surface area contributed by atoms with E-state index >= 15 is 0 Å². The van der Waals surface area contributed by atoms with Crippen molar-refractivity contribution in [3.63, 3.8) is 0 Å². The van der Waals surface area contributed by atoms with Gasteiger partial charge in [-0.05, 0) is 12.1 Å². The second-order valence-corrected chi connectivity index (χ2v) is 3.03. The van der Waals surface area contributed by atoms with E-state index in [4.69, 9.17) is 0 Å². The second kappa shape index (κ2) is 5.36. The summed E-state index contributed by atoms with van der Waals surface area (Å²) < 4.78 is 0. The summed E-state index contributed by atoms with van der Waals surface area (Å²) in [6, 6.07) is 4.11. The van der Waals surface area contributed by atoms with Gasteiger partial charge in [0.1, 0.15) is 0 Å². The van der Waals surface area contributed by atoms with Gasteiger partial charge in [-0.15, -0.1) is 13.2 Å². The van der Waals surface area contributed by atoms with Crippen molar-refractivity contribution in [2.45, 2.75) is 12.6 Å². The highest BCUT2D eigenvalue weighted by Gasteiger charge is 2.11. The lowest BCUT2D eigenvalue weighted by Gasteiger charge is -2.08. The summed E-state index contributed by atoms with van der Waals surface area (Å²) in [5, 5.41) is 0. The minimum Gasteiger partial charge on any atom is -0.265 e. The minimum absolute atomic E-state index is 0.512. The molecule has 66 valence electrons. The van der Waals surface area contributed by atoms with Crippen LogP contribution in [0.3, 0.4) is 0 Å². The van der Waals surface area contributed by atoms with Crippen LogP contribution in [0.2, 0.25) is 12.6 Å². The zero-order valence-corrected chi connectivity index (χ0v) is 7.82. The fourth-order valence-corrected chi connectivity index (χ4v) is 1.41. The van der Waals surface area contributed by atoms with E-state index in [0.717, 1.165) is 12.6 Å². The van der Waals surface area contributed by atoms with E-state index in [1.807, 2.05) is 24.5 Å². The van der Waals surface area contributed by atoms with Crippen molar-refractivity contribution < 1.29 is 0 Å². The quantitative estimate of drug-likeness (QED) is 0.488. The number of pyridine rings is 1. The lowest BCUT2D eigenvalue weighted by atomic mass is 9.41. The maximum absolute atomic E-state index is 4.00. The van der Waals surface area contributed by atoms with Crippen LogP contribution in [-0.4, -0.2) is 11.7 Å². The molecule has 0 radical (unpaired) electrons. The third-order valence-electron chi connectivity index (χ3n) is 2.08. The fraction of sp³-hybridized carbons (Fsp3) is 0.182. The molecule has 0 N–H and O–H groups in total. The van der Waals surface area contributed by atoms with Crippen LogP contribution < -0.4 is 5.46 Å². The Kier molecular flexibility index (Phi) is 4.03. The molecular weight excluding hydrogens is 157 g/mol. The first kappa shape index (κ1) is 9.78. The van der Waals surface area contributed by atoms with E-state index in [9.17, 15) is 0 Å². The summed E-state index contributed by atoms with van der Waals surface area (Å²) in [7, 11) is 0. The van der Waals surface area contributed by atoms with Crippen LogP contribution in [0.5, 0.6) is 0 Å². The number of nitrogens with zero attached hydrogens (tertiary/aromatic N) is 1. The highest BCUT2D eigenvalue weighted by Crippen LogP contribution is 2.01. The molecule has 0 fully saturated rings. The average Bonchev–Trinajstić information content (AvgIpc) is 2.19. The van der Waals surface area contributed by atoms with Crippen LogP contribution in [-0.2, 0) is 0 Å². The van der Waals surface area contributed by atoms with E-state index in [2.05, 4.69) is 30.3 Å². The molecule has 0 aliphatic heterocycles. The molecule has 1 aromatic heterocycles. The third-order valence-corrected chi connectivity index (χ3v) is 2.08. The largest absolute Gasteiger partial charge is 0.265 e. The third kappa shape index (κ3) is 2.90. The molecule has 0 saturated carbocycles. The van der Waals surface area contributed by atoms with E-state index in [1.165, 1.54) is 5.46 Å². The molecule has 0 aromatic carbocycles. The number of hydrogen-bond donors (Lipinski definition) is 0. The maximum Gasteiger partial charge on any atom is 0.183 e. The highest BCUT2D eigenvalue weighted by molar-refractivity contribution is 6.73. The highest BCUT2D eigenvalue weighted by atomic mass is 14.6. The molecule has 1 heterocycles. The van der Waals surface area contributed by atoms with Gasteiger partial charge in [-0.1, -0.05) is 30.3 Å². The first-order chi connectivity index (χ1) is 6.38. The Morgan fingerprint density at radius 3 is 2.15 bits per heavy atom. The Morgan fingerprint density at radius 1 is 1.15 bits per heavy atom. The van der Waals surface area contributed by atoms with E-state index in [-0.39, 0.29) is 0 Å². The predicted octanol–water partition coefficient (Wildman–Crippen LogP) is 2.16. The fourth-order valence-electron chi connectivity index (χ4n) is 1.41. The number of rotatable bonds is 5. The van der Waals surface area contributed by atoms with Gasteiger partial charge < -0.3 is 0 Å². The van der Waals surface area contributed by atoms with Gasteiger partial charge in [0.05, 0.1) is 0 Å². The van der Waals surface area contributed by atoms with Crippen molar-refractivity contribution in [1.29, 1.82) is 0 Å². The van der Waals surface area contributed by atoms with Crippen LogP contribution in [0.4, 0.5) is 0 Å². The van der Waals surface area contributed by atoms with Crippen LogP contribution in [0.1, 0.15) is 0 Å². The minimum atomic E-state index is 0.512. The molecule has 2 heteroatoms. The van der Waals surface area contributed by atoms with Gasteiger partial charge >= 0.3 is 0 Å². The Morgan fingerprint density at radius 2 is 1.69 bits per heavy atom. The standard InChI is InChI=1S/C11H14BN/c1-3-7-12(8-4-2)11-5-9-13-10-6-11/h3-6,9-10H,1-2,7-8H2. The number of allylic oxidation sites excluding steroid dienone is 2. The molecule has 13 heavy (non-hydrogen) atoms. The van der Waals surface area contributed by atoms with Gasteiger partial charge in [0.25, 0.3) is 0 Å². The molecule has 0 spiro atoms. The first-order valence-corrected chi connectivity index (χ1v) is 4.50. The molecular formula is C11H14BN. The average molecular weight is 171 g/mol. The molecule has 0 amide bonds. The van der Waals surface area contributed by atoms with Gasteiger partial charge in [-0.25, -0.2) is 0 Å². The molecule has 0 aliphatic rings. The number of aromatic nitrogens is 1. The molecule has 0 aliphatic carbocycles. The smallest absolute Gasteiger partial charge is 0.183 e. The second-order valence-electron chi connectivity index (χ2n) is 3.03. The van der Waals surface area contributed by atoms with E-state index < -0.39 is 0 Å². The van der Waals surface area contributed by atoms with Crippen molar-refractivity contribution >= 4 is 12.2 Å². The molecule has 1 aromatic rings. The zero-order chi connectivity index (χ0) is 9.52. The lowest BCUT2D eigenvalue weighted by Crippen LogP contribution is -2.28. The van der Waals surface area contributed by atoms with Gasteiger partial charge in [-0.2, -0.15) is 0 Å².